The van der Waals surface area contributed by atoms with E-state index in [0.717, 1.165) is 14.7 Å². The summed E-state index contributed by atoms with van der Waals surface area (Å²) in [6.45, 7) is 3.90. The number of hydrogen-bond donors (Lipinski definition) is 2. The standard InChI is InChI=1S/C10H12INO2/c1-5-3-7(9(12)10(13)14)4-6(2)8(5)11/h3-4,9H,12H2,1-2H3,(H,13,14)/t9-/m0/s1. The number of carboxylic acids is 1. The van der Waals surface area contributed by atoms with E-state index in [-0.39, 0.29) is 0 Å². The van der Waals surface area contributed by atoms with Crippen molar-refractivity contribution >= 4 is 28.6 Å². The maximum Gasteiger partial charge on any atom is 0.325 e. The second-order valence-electron chi connectivity index (χ2n) is 3.28. The molecular weight excluding hydrogens is 293 g/mol. The molecule has 0 heterocycles. The van der Waals surface area contributed by atoms with Gasteiger partial charge in [0.25, 0.3) is 0 Å². The number of aryl methyl sites for hydroxylation is 2. The van der Waals surface area contributed by atoms with Gasteiger partial charge >= 0.3 is 5.97 Å². The van der Waals surface area contributed by atoms with Gasteiger partial charge in [-0.05, 0) is 53.1 Å². The molecule has 1 aromatic rings. The van der Waals surface area contributed by atoms with E-state index in [1.807, 2.05) is 26.0 Å². The van der Waals surface area contributed by atoms with E-state index in [1.165, 1.54) is 0 Å². The lowest BCUT2D eigenvalue weighted by atomic mass is 10.0. The number of nitrogens with two attached hydrogens (primary N) is 1. The van der Waals surface area contributed by atoms with Gasteiger partial charge in [-0.3, -0.25) is 4.79 Å². The van der Waals surface area contributed by atoms with Crippen LogP contribution >= 0.6 is 22.6 Å². The highest BCUT2D eigenvalue weighted by Gasteiger charge is 2.15. The van der Waals surface area contributed by atoms with Crippen LogP contribution in [0.2, 0.25) is 0 Å². The summed E-state index contributed by atoms with van der Waals surface area (Å²) in [4.78, 5) is 10.7. The van der Waals surface area contributed by atoms with Gasteiger partial charge in [-0.15, -0.1) is 0 Å². The number of carbonyl (C=O) groups is 1. The van der Waals surface area contributed by atoms with E-state index in [0.29, 0.717) is 5.56 Å². The Labute approximate surface area is 96.4 Å². The van der Waals surface area contributed by atoms with Gasteiger partial charge in [0.05, 0.1) is 0 Å². The van der Waals surface area contributed by atoms with Crippen LogP contribution in [0.4, 0.5) is 0 Å². The molecule has 0 aliphatic carbocycles. The predicted molar refractivity (Wildman–Crippen MR) is 63.2 cm³/mol. The van der Waals surface area contributed by atoms with E-state index in [1.54, 1.807) is 0 Å². The number of rotatable bonds is 2. The monoisotopic (exact) mass is 305 g/mol. The average molecular weight is 305 g/mol. The van der Waals surface area contributed by atoms with Crippen LogP contribution < -0.4 is 5.73 Å². The molecular formula is C10H12INO2. The fourth-order valence-electron chi connectivity index (χ4n) is 1.30. The van der Waals surface area contributed by atoms with Gasteiger partial charge in [0.1, 0.15) is 6.04 Å². The Bertz CT molecular complexity index is 353. The maximum atomic E-state index is 10.7. The molecule has 76 valence electrons. The first-order valence-electron chi connectivity index (χ1n) is 4.18. The van der Waals surface area contributed by atoms with Crippen molar-refractivity contribution in [2.24, 2.45) is 5.73 Å². The summed E-state index contributed by atoms with van der Waals surface area (Å²) in [7, 11) is 0. The lowest BCUT2D eigenvalue weighted by Gasteiger charge is -2.11. The molecule has 0 aliphatic heterocycles. The molecule has 1 rings (SSSR count). The fourth-order valence-corrected chi connectivity index (χ4v) is 1.61. The molecule has 14 heavy (non-hydrogen) atoms. The highest BCUT2D eigenvalue weighted by atomic mass is 127. The molecule has 0 bridgehead atoms. The van der Waals surface area contributed by atoms with E-state index in [2.05, 4.69) is 22.6 Å². The highest BCUT2D eigenvalue weighted by molar-refractivity contribution is 14.1. The third-order valence-electron chi connectivity index (χ3n) is 2.08. The van der Waals surface area contributed by atoms with Crippen LogP contribution in [0, 0.1) is 17.4 Å². The van der Waals surface area contributed by atoms with Gasteiger partial charge in [-0.25, -0.2) is 0 Å². The summed E-state index contributed by atoms with van der Waals surface area (Å²) in [6, 6.07) is 2.73. The zero-order valence-corrected chi connectivity index (χ0v) is 10.2. The number of halogens is 1. The predicted octanol–water partition coefficient (Wildman–Crippen LogP) is 1.99. The zero-order chi connectivity index (χ0) is 10.9. The van der Waals surface area contributed by atoms with Crippen molar-refractivity contribution in [3.63, 3.8) is 0 Å². The quantitative estimate of drug-likeness (QED) is 0.821. The highest BCUT2D eigenvalue weighted by Crippen LogP contribution is 2.21. The van der Waals surface area contributed by atoms with Crippen LogP contribution in [0.3, 0.4) is 0 Å². The van der Waals surface area contributed by atoms with Crippen LogP contribution in [-0.2, 0) is 4.79 Å². The Morgan fingerprint density at radius 1 is 1.43 bits per heavy atom. The van der Waals surface area contributed by atoms with E-state index < -0.39 is 12.0 Å². The molecule has 0 spiro atoms. The first kappa shape index (κ1) is 11.5. The zero-order valence-electron chi connectivity index (χ0n) is 8.04. The van der Waals surface area contributed by atoms with E-state index in [9.17, 15) is 4.79 Å². The molecule has 0 saturated carbocycles. The number of benzene rings is 1. The summed E-state index contributed by atoms with van der Waals surface area (Å²) in [5, 5.41) is 8.76. The largest absolute Gasteiger partial charge is 0.480 e. The van der Waals surface area contributed by atoms with Crippen LogP contribution in [-0.4, -0.2) is 11.1 Å². The molecule has 0 aliphatic rings. The first-order valence-corrected chi connectivity index (χ1v) is 5.26. The third-order valence-corrected chi connectivity index (χ3v) is 3.79. The van der Waals surface area contributed by atoms with Crippen molar-refractivity contribution in [3.05, 3.63) is 32.4 Å². The number of hydrogen-bond acceptors (Lipinski definition) is 2. The van der Waals surface area contributed by atoms with Gasteiger partial charge in [-0.1, -0.05) is 12.1 Å². The van der Waals surface area contributed by atoms with Crippen molar-refractivity contribution in [2.45, 2.75) is 19.9 Å². The van der Waals surface area contributed by atoms with Crippen LogP contribution in [0.15, 0.2) is 12.1 Å². The van der Waals surface area contributed by atoms with Crippen LogP contribution in [0.1, 0.15) is 22.7 Å². The molecule has 0 unspecified atom stereocenters. The Hall–Kier alpha value is -0.620. The number of aliphatic carboxylic acids is 1. The summed E-state index contributed by atoms with van der Waals surface area (Å²) in [5.41, 5.74) is 8.32. The van der Waals surface area contributed by atoms with Gasteiger partial charge in [0, 0.05) is 3.57 Å². The lowest BCUT2D eigenvalue weighted by Crippen LogP contribution is -2.21. The van der Waals surface area contributed by atoms with Crippen molar-refractivity contribution in [2.75, 3.05) is 0 Å². The molecule has 0 fully saturated rings. The number of carboxylic acid groups (broad SMARTS) is 1. The van der Waals surface area contributed by atoms with Gasteiger partial charge in [-0.2, -0.15) is 0 Å². The molecule has 0 aromatic heterocycles. The summed E-state index contributed by atoms with van der Waals surface area (Å²) < 4.78 is 1.16. The van der Waals surface area contributed by atoms with Crippen LogP contribution in [0.25, 0.3) is 0 Å². The average Bonchev–Trinajstić information content (AvgIpc) is 2.12. The normalized spacial score (nSPS) is 12.6. The van der Waals surface area contributed by atoms with Crippen molar-refractivity contribution in [1.82, 2.24) is 0 Å². The minimum Gasteiger partial charge on any atom is -0.480 e. The SMILES string of the molecule is Cc1cc([C@H](N)C(=O)O)cc(C)c1I. The van der Waals surface area contributed by atoms with Crippen LogP contribution in [0.5, 0.6) is 0 Å². The summed E-state index contributed by atoms with van der Waals surface area (Å²) in [5.74, 6) is -0.995. The van der Waals surface area contributed by atoms with Crippen molar-refractivity contribution in [3.8, 4) is 0 Å². The van der Waals surface area contributed by atoms with Gasteiger partial charge < -0.3 is 10.8 Å². The second kappa shape index (κ2) is 4.27. The van der Waals surface area contributed by atoms with E-state index >= 15 is 0 Å². The summed E-state index contributed by atoms with van der Waals surface area (Å²) >= 11 is 2.24. The Morgan fingerprint density at radius 2 is 1.86 bits per heavy atom. The lowest BCUT2D eigenvalue weighted by molar-refractivity contribution is -0.138. The summed E-state index contributed by atoms with van der Waals surface area (Å²) in [6.07, 6.45) is 0. The minimum atomic E-state index is -0.995. The molecule has 4 heteroatoms. The second-order valence-corrected chi connectivity index (χ2v) is 4.36. The van der Waals surface area contributed by atoms with Gasteiger partial charge in [0.15, 0.2) is 0 Å². The van der Waals surface area contributed by atoms with E-state index in [4.69, 9.17) is 10.8 Å². The molecule has 0 saturated heterocycles. The smallest absolute Gasteiger partial charge is 0.325 e. The molecule has 3 nitrogen and oxygen atoms in total. The molecule has 0 amide bonds. The fraction of sp³-hybridized carbons (Fsp3) is 0.300. The van der Waals surface area contributed by atoms with Crippen molar-refractivity contribution in [1.29, 1.82) is 0 Å². The third kappa shape index (κ3) is 2.24. The molecule has 3 N–H and O–H groups in total. The molecule has 1 aromatic carbocycles. The minimum absolute atomic E-state index is 0.660. The molecule has 0 radical (unpaired) electrons. The maximum absolute atomic E-state index is 10.7. The topological polar surface area (TPSA) is 63.3 Å². The first-order chi connectivity index (χ1) is 6.43. The Balaban J connectivity index is 3.19. The molecule has 1 atom stereocenters. The van der Waals surface area contributed by atoms with Gasteiger partial charge in [0.2, 0.25) is 0 Å². The Kier molecular flexibility index (Phi) is 3.49. The van der Waals surface area contributed by atoms with Crippen molar-refractivity contribution < 1.29 is 9.90 Å². The Morgan fingerprint density at radius 3 is 2.21 bits per heavy atom.